The fourth-order valence-electron chi connectivity index (χ4n) is 3.56. The maximum Gasteiger partial charge on any atom is 0.339 e. The van der Waals surface area contributed by atoms with Gasteiger partial charge in [0.2, 0.25) is 0 Å². The monoisotopic (exact) mass is 419 g/mol. The summed E-state index contributed by atoms with van der Waals surface area (Å²) in [5, 5.41) is 4.20. The highest BCUT2D eigenvalue weighted by Crippen LogP contribution is 2.16. The molecule has 1 aliphatic heterocycles. The van der Waals surface area contributed by atoms with Crippen molar-refractivity contribution in [3.8, 4) is 0 Å². The number of hydrogen-bond donors (Lipinski definition) is 0. The fourth-order valence-corrected chi connectivity index (χ4v) is 3.56. The number of nitrogens with zero attached hydrogens (tertiary/aromatic N) is 5. The molecule has 3 aromatic rings. The first kappa shape index (κ1) is 20.6. The summed E-state index contributed by atoms with van der Waals surface area (Å²) < 4.78 is 6.84. The standard InChI is InChI=1S/C23H25N5O3/c1-2-31-23(30)20-8-9-21(24-16-20)26-12-14-27(15-13-26)22(29)19-6-4-18(5-7-19)17-28-11-3-10-25-28/h3-11,16H,2,12-15,17H2,1H3. The van der Waals surface area contributed by atoms with E-state index in [-0.39, 0.29) is 11.9 Å². The van der Waals surface area contributed by atoms with Gasteiger partial charge >= 0.3 is 5.97 Å². The number of amides is 1. The summed E-state index contributed by atoms with van der Waals surface area (Å²) in [6, 6.07) is 13.1. The molecule has 0 bridgehead atoms. The van der Waals surface area contributed by atoms with Crippen molar-refractivity contribution in [2.75, 3.05) is 37.7 Å². The smallest absolute Gasteiger partial charge is 0.339 e. The van der Waals surface area contributed by atoms with E-state index in [4.69, 9.17) is 4.74 Å². The van der Waals surface area contributed by atoms with Crippen LogP contribution in [0, 0.1) is 0 Å². The van der Waals surface area contributed by atoms with Crippen molar-refractivity contribution >= 4 is 17.7 Å². The first-order valence-electron chi connectivity index (χ1n) is 10.4. The third-order valence-corrected chi connectivity index (χ3v) is 5.25. The maximum absolute atomic E-state index is 12.9. The molecule has 3 heterocycles. The first-order valence-corrected chi connectivity index (χ1v) is 10.4. The molecule has 0 N–H and O–H groups in total. The lowest BCUT2D eigenvalue weighted by molar-refractivity contribution is 0.0525. The number of carbonyl (C=O) groups excluding carboxylic acids is 2. The van der Waals surface area contributed by atoms with E-state index in [1.165, 1.54) is 6.20 Å². The Bertz CT molecular complexity index is 1010. The highest BCUT2D eigenvalue weighted by molar-refractivity contribution is 5.94. The fraction of sp³-hybridized carbons (Fsp3) is 0.304. The molecule has 1 fully saturated rings. The molecule has 0 saturated carbocycles. The molecule has 8 heteroatoms. The van der Waals surface area contributed by atoms with Gasteiger partial charge in [0.05, 0.1) is 18.7 Å². The molecule has 160 valence electrons. The van der Waals surface area contributed by atoms with Crippen LogP contribution in [-0.2, 0) is 11.3 Å². The molecule has 1 saturated heterocycles. The van der Waals surface area contributed by atoms with Gasteiger partial charge in [-0.1, -0.05) is 12.1 Å². The third kappa shape index (κ3) is 4.91. The Morgan fingerprint density at radius 3 is 2.35 bits per heavy atom. The molecular weight excluding hydrogens is 394 g/mol. The molecule has 1 aromatic carbocycles. The molecular formula is C23H25N5O3. The Morgan fingerprint density at radius 1 is 1.00 bits per heavy atom. The summed E-state index contributed by atoms with van der Waals surface area (Å²) in [7, 11) is 0. The number of aromatic nitrogens is 3. The van der Waals surface area contributed by atoms with Gasteiger partial charge in [-0.25, -0.2) is 9.78 Å². The summed E-state index contributed by atoms with van der Waals surface area (Å²) >= 11 is 0. The summed E-state index contributed by atoms with van der Waals surface area (Å²) in [6.45, 7) is 5.41. The highest BCUT2D eigenvalue weighted by Gasteiger charge is 2.23. The largest absolute Gasteiger partial charge is 0.462 e. The van der Waals surface area contributed by atoms with Crippen LogP contribution in [0.4, 0.5) is 5.82 Å². The Balaban J connectivity index is 1.32. The molecule has 1 amide bonds. The van der Waals surface area contributed by atoms with Gasteiger partial charge in [-0.15, -0.1) is 0 Å². The quantitative estimate of drug-likeness (QED) is 0.571. The van der Waals surface area contributed by atoms with Crippen LogP contribution in [0.3, 0.4) is 0 Å². The second-order valence-corrected chi connectivity index (χ2v) is 7.31. The molecule has 4 rings (SSSR count). The Morgan fingerprint density at radius 2 is 1.74 bits per heavy atom. The normalized spacial score (nSPS) is 13.8. The predicted octanol–water partition coefficient (Wildman–Crippen LogP) is 2.47. The van der Waals surface area contributed by atoms with Gasteiger partial charge in [-0.05, 0) is 42.8 Å². The van der Waals surface area contributed by atoms with E-state index < -0.39 is 0 Å². The van der Waals surface area contributed by atoms with E-state index in [0.29, 0.717) is 50.5 Å². The number of esters is 1. The Hall–Kier alpha value is -3.68. The molecule has 0 atom stereocenters. The predicted molar refractivity (Wildman–Crippen MR) is 116 cm³/mol. The minimum absolute atomic E-state index is 0.0379. The second kappa shape index (κ2) is 9.42. The van der Waals surface area contributed by atoms with E-state index in [2.05, 4.69) is 15.0 Å². The molecule has 0 aliphatic carbocycles. The molecule has 8 nitrogen and oxygen atoms in total. The highest BCUT2D eigenvalue weighted by atomic mass is 16.5. The van der Waals surface area contributed by atoms with Crippen molar-refractivity contribution < 1.29 is 14.3 Å². The third-order valence-electron chi connectivity index (χ3n) is 5.25. The average molecular weight is 419 g/mol. The van der Waals surface area contributed by atoms with Crippen LogP contribution in [0.15, 0.2) is 61.1 Å². The Kier molecular flexibility index (Phi) is 6.26. The minimum Gasteiger partial charge on any atom is -0.462 e. The van der Waals surface area contributed by atoms with Gasteiger partial charge < -0.3 is 14.5 Å². The van der Waals surface area contributed by atoms with Crippen molar-refractivity contribution in [2.45, 2.75) is 13.5 Å². The lowest BCUT2D eigenvalue weighted by atomic mass is 10.1. The van der Waals surface area contributed by atoms with E-state index in [0.717, 1.165) is 11.4 Å². The number of rotatable bonds is 6. The van der Waals surface area contributed by atoms with Crippen molar-refractivity contribution in [2.24, 2.45) is 0 Å². The summed E-state index contributed by atoms with van der Waals surface area (Å²) in [6.07, 6.45) is 5.20. The molecule has 31 heavy (non-hydrogen) atoms. The van der Waals surface area contributed by atoms with Crippen LogP contribution in [0.25, 0.3) is 0 Å². The molecule has 1 aliphatic rings. The minimum atomic E-state index is -0.368. The zero-order valence-electron chi connectivity index (χ0n) is 17.5. The number of benzene rings is 1. The van der Waals surface area contributed by atoms with Crippen LogP contribution in [0.5, 0.6) is 0 Å². The zero-order valence-corrected chi connectivity index (χ0v) is 17.5. The van der Waals surface area contributed by atoms with E-state index in [1.54, 1.807) is 19.2 Å². The van der Waals surface area contributed by atoms with Crippen molar-refractivity contribution in [1.29, 1.82) is 0 Å². The number of hydrogen-bond acceptors (Lipinski definition) is 6. The van der Waals surface area contributed by atoms with E-state index in [1.807, 2.05) is 52.2 Å². The lowest BCUT2D eigenvalue weighted by Gasteiger charge is -2.35. The SMILES string of the molecule is CCOC(=O)c1ccc(N2CCN(C(=O)c3ccc(Cn4cccn4)cc3)CC2)nc1. The van der Waals surface area contributed by atoms with Crippen molar-refractivity contribution in [3.05, 3.63) is 77.7 Å². The lowest BCUT2D eigenvalue weighted by Crippen LogP contribution is -2.49. The molecule has 2 aromatic heterocycles. The van der Waals surface area contributed by atoms with Crippen LogP contribution in [-0.4, -0.2) is 64.3 Å². The van der Waals surface area contributed by atoms with Crippen LogP contribution in [0.1, 0.15) is 33.2 Å². The summed E-state index contributed by atoms with van der Waals surface area (Å²) in [5.41, 5.74) is 2.23. The maximum atomic E-state index is 12.9. The topological polar surface area (TPSA) is 80.6 Å². The van der Waals surface area contributed by atoms with Gasteiger partial charge in [-0.3, -0.25) is 9.48 Å². The summed E-state index contributed by atoms with van der Waals surface area (Å²) in [4.78, 5) is 33.0. The number of carbonyl (C=O) groups is 2. The Labute approximate surface area is 181 Å². The van der Waals surface area contributed by atoms with Gasteiger partial charge in [0.15, 0.2) is 0 Å². The summed E-state index contributed by atoms with van der Waals surface area (Å²) in [5.74, 6) is 0.464. The van der Waals surface area contributed by atoms with Gasteiger partial charge in [0, 0.05) is 50.3 Å². The van der Waals surface area contributed by atoms with Crippen LogP contribution in [0.2, 0.25) is 0 Å². The number of ether oxygens (including phenoxy) is 1. The van der Waals surface area contributed by atoms with Crippen LogP contribution >= 0.6 is 0 Å². The van der Waals surface area contributed by atoms with Crippen molar-refractivity contribution in [3.63, 3.8) is 0 Å². The van der Waals surface area contributed by atoms with Gasteiger partial charge in [-0.2, -0.15) is 5.10 Å². The van der Waals surface area contributed by atoms with Gasteiger partial charge in [0.25, 0.3) is 5.91 Å². The zero-order chi connectivity index (χ0) is 21.6. The molecule has 0 spiro atoms. The number of piperazine rings is 1. The first-order chi connectivity index (χ1) is 15.1. The van der Waals surface area contributed by atoms with E-state index >= 15 is 0 Å². The second-order valence-electron chi connectivity index (χ2n) is 7.31. The number of pyridine rings is 1. The van der Waals surface area contributed by atoms with Crippen LogP contribution < -0.4 is 4.90 Å². The molecule has 0 unspecified atom stereocenters. The average Bonchev–Trinajstić information content (AvgIpc) is 3.33. The van der Waals surface area contributed by atoms with Crippen molar-refractivity contribution in [1.82, 2.24) is 19.7 Å². The van der Waals surface area contributed by atoms with E-state index in [9.17, 15) is 9.59 Å². The number of anilines is 1. The molecule has 0 radical (unpaired) electrons. The van der Waals surface area contributed by atoms with Gasteiger partial charge in [0.1, 0.15) is 5.82 Å².